The lowest BCUT2D eigenvalue weighted by atomic mass is 10.1. The number of fused-ring (bicyclic) bond motifs is 1. The maximum absolute atomic E-state index is 6.44. The molecule has 0 amide bonds. The Morgan fingerprint density at radius 3 is 2.62 bits per heavy atom. The summed E-state index contributed by atoms with van der Waals surface area (Å²) in [6.45, 7) is 4.01. The van der Waals surface area contributed by atoms with Gasteiger partial charge in [-0.3, -0.25) is 0 Å². The van der Waals surface area contributed by atoms with Gasteiger partial charge in [-0.1, -0.05) is 29.8 Å². The van der Waals surface area contributed by atoms with Crippen molar-refractivity contribution in [2.24, 2.45) is 0 Å². The molecule has 5 rings (SSSR count). The summed E-state index contributed by atoms with van der Waals surface area (Å²) in [6.07, 6.45) is 5.76. The Kier molecular flexibility index (Phi) is 5.07. The predicted octanol–water partition coefficient (Wildman–Crippen LogP) is 6.21. The van der Waals surface area contributed by atoms with Crippen molar-refractivity contribution in [1.82, 2.24) is 18.9 Å². The maximum atomic E-state index is 6.44. The molecule has 5 aromatic rings. The number of benzene rings is 2. The van der Waals surface area contributed by atoms with Gasteiger partial charge in [-0.25, -0.2) is 9.97 Å². The number of pyridine rings is 1. The fraction of sp³-hybridized carbons (Fsp3) is 0.120. The summed E-state index contributed by atoms with van der Waals surface area (Å²) in [6, 6.07) is 17.8. The zero-order valence-electron chi connectivity index (χ0n) is 18.0. The van der Waals surface area contributed by atoms with Crippen molar-refractivity contribution in [3.05, 3.63) is 89.7 Å². The van der Waals surface area contributed by atoms with Gasteiger partial charge < -0.3 is 19.0 Å². The van der Waals surface area contributed by atoms with E-state index in [1.54, 1.807) is 13.4 Å². The molecule has 0 fully saturated rings. The smallest absolute Gasteiger partial charge is 0.161 e. The van der Waals surface area contributed by atoms with E-state index in [9.17, 15) is 0 Å². The van der Waals surface area contributed by atoms with Gasteiger partial charge in [0.05, 0.1) is 41.2 Å². The van der Waals surface area contributed by atoms with Gasteiger partial charge in [0.1, 0.15) is 5.75 Å². The van der Waals surface area contributed by atoms with Crippen molar-refractivity contribution >= 4 is 28.6 Å². The average molecular weight is 444 g/mol. The quantitative estimate of drug-likeness (QED) is 0.351. The third kappa shape index (κ3) is 3.48. The lowest BCUT2D eigenvalue weighted by Crippen LogP contribution is -1.99. The zero-order valence-corrected chi connectivity index (χ0v) is 18.8. The zero-order chi connectivity index (χ0) is 22.2. The molecule has 0 unspecified atom stereocenters. The van der Waals surface area contributed by atoms with E-state index in [0.29, 0.717) is 5.02 Å². The summed E-state index contributed by atoms with van der Waals surface area (Å²) in [5, 5.41) is 4.17. The van der Waals surface area contributed by atoms with Gasteiger partial charge in [0.25, 0.3) is 0 Å². The lowest BCUT2D eigenvalue weighted by molar-refractivity contribution is 0.413. The van der Waals surface area contributed by atoms with E-state index in [4.69, 9.17) is 21.3 Å². The van der Waals surface area contributed by atoms with Crippen LogP contribution in [0.2, 0.25) is 5.02 Å². The molecule has 0 radical (unpaired) electrons. The van der Waals surface area contributed by atoms with Crippen LogP contribution in [0.3, 0.4) is 0 Å². The number of aromatic nitrogens is 4. The largest absolute Gasteiger partial charge is 0.494 e. The molecule has 0 spiro atoms. The predicted molar refractivity (Wildman–Crippen MR) is 129 cm³/mol. The number of ether oxygens (including phenoxy) is 1. The Labute approximate surface area is 191 Å². The van der Waals surface area contributed by atoms with Crippen LogP contribution in [0.25, 0.3) is 22.6 Å². The first kappa shape index (κ1) is 20.2. The highest BCUT2D eigenvalue weighted by Gasteiger charge is 2.16. The van der Waals surface area contributed by atoms with Crippen molar-refractivity contribution < 1.29 is 4.74 Å². The molecule has 0 saturated carbocycles. The second-order valence-corrected chi connectivity index (χ2v) is 7.98. The van der Waals surface area contributed by atoms with Gasteiger partial charge in [0.15, 0.2) is 5.65 Å². The molecule has 7 heteroatoms. The molecular weight excluding hydrogens is 422 g/mol. The van der Waals surface area contributed by atoms with E-state index >= 15 is 0 Å². The molecule has 6 nitrogen and oxygen atoms in total. The van der Waals surface area contributed by atoms with Crippen LogP contribution in [-0.2, 0) is 0 Å². The van der Waals surface area contributed by atoms with Gasteiger partial charge in [-0.2, -0.15) is 0 Å². The van der Waals surface area contributed by atoms with Gasteiger partial charge in [-0.05, 0) is 44.2 Å². The number of methoxy groups -OCH3 is 1. The number of nitrogens with one attached hydrogen (secondary N) is 1. The average Bonchev–Trinajstić information content (AvgIpc) is 3.38. The molecule has 0 aliphatic heterocycles. The third-order valence-electron chi connectivity index (χ3n) is 5.47. The van der Waals surface area contributed by atoms with Gasteiger partial charge in [0, 0.05) is 35.4 Å². The fourth-order valence-corrected chi connectivity index (χ4v) is 4.09. The van der Waals surface area contributed by atoms with Gasteiger partial charge >= 0.3 is 0 Å². The third-order valence-corrected chi connectivity index (χ3v) is 5.80. The van der Waals surface area contributed by atoms with E-state index in [2.05, 4.69) is 14.7 Å². The number of aryl methyl sites for hydroxylation is 2. The first-order chi connectivity index (χ1) is 15.5. The van der Waals surface area contributed by atoms with Crippen LogP contribution in [0.5, 0.6) is 5.75 Å². The van der Waals surface area contributed by atoms with Crippen LogP contribution in [0.1, 0.15) is 11.4 Å². The van der Waals surface area contributed by atoms with E-state index in [1.807, 2.05) is 85.4 Å². The minimum atomic E-state index is 0.684. The number of rotatable bonds is 5. The summed E-state index contributed by atoms with van der Waals surface area (Å²) >= 11 is 6.44. The molecular formula is C25H22ClN5O. The molecule has 0 bridgehead atoms. The number of halogens is 1. The van der Waals surface area contributed by atoms with Crippen molar-refractivity contribution in [2.75, 3.05) is 12.4 Å². The molecule has 0 atom stereocenters. The van der Waals surface area contributed by atoms with E-state index in [-0.39, 0.29) is 0 Å². The van der Waals surface area contributed by atoms with Crippen LogP contribution in [0.4, 0.5) is 11.4 Å². The number of imidazole rings is 2. The second kappa shape index (κ2) is 8.05. The van der Waals surface area contributed by atoms with Gasteiger partial charge in [-0.15, -0.1) is 0 Å². The topological polar surface area (TPSA) is 56.4 Å². The van der Waals surface area contributed by atoms with Crippen molar-refractivity contribution in [2.45, 2.75) is 13.8 Å². The number of hydrogen-bond acceptors (Lipinski definition) is 4. The number of hydrogen-bond donors (Lipinski definition) is 1. The highest BCUT2D eigenvalue weighted by molar-refractivity contribution is 6.33. The SMILES string of the molecule is COc1cc(Nc2cccn3c(C)c(-c4ccccc4Cl)nc23)ccc1-n1cnc(C)c1. The molecule has 3 heterocycles. The summed E-state index contributed by atoms with van der Waals surface area (Å²) in [5.41, 5.74) is 7.31. The van der Waals surface area contributed by atoms with Gasteiger partial charge in [0.2, 0.25) is 0 Å². The van der Waals surface area contributed by atoms with Crippen LogP contribution < -0.4 is 10.1 Å². The normalized spacial score (nSPS) is 11.1. The highest BCUT2D eigenvalue weighted by atomic mass is 35.5. The first-order valence-electron chi connectivity index (χ1n) is 10.2. The molecule has 160 valence electrons. The van der Waals surface area contributed by atoms with E-state index < -0.39 is 0 Å². The Bertz CT molecular complexity index is 1440. The summed E-state index contributed by atoms with van der Waals surface area (Å²) in [7, 11) is 1.67. The van der Waals surface area contributed by atoms with E-state index in [0.717, 1.165) is 51.1 Å². The van der Waals surface area contributed by atoms with Crippen molar-refractivity contribution in [3.63, 3.8) is 0 Å². The first-order valence-corrected chi connectivity index (χ1v) is 10.6. The van der Waals surface area contributed by atoms with Crippen LogP contribution >= 0.6 is 11.6 Å². The summed E-state index contributed by atoms with van der Waals surface area (Å²) < 4.78 is 9.67. The maximum Gasteiger partial charge on any atom is 0.161 e. The monoisotopic (exact) mass is 443 g/mol. The summed E-state index contributed by atoms with van der Waals surface area (Å²) in [4.78, 5) is 9.23. The second-order valence-electron chi connectivity index (χ2n) is 7.58. The molecule has 32 heavy (non-hydrogen) atoms. The molecule has 0 saturated heterocycles. The minimum Gasteiger partial charge on any atom is -0.494 e. The van der Waals surface area contributed by atoms with Crippen LogP contribution in [-0.4, -0.2) is 26.0 Å². The van der Waals surface area contributed by atoms with Crippen molar-refractivity contribution in [3.8, 4) is 22.7 Å². The van der Waals surface area contributed by atoms with Crippen molar-refractivity contribution in [1.29, 1.82) is 0 Å². The standard InChI is InChI=1S/C25H22ClN5O/c1-16-14-30(15-27-16)22-11-10-18(13-23(22)32-3)28-21-9-6-12-31-17(2)24(29-25(21)31)19-7-4-5-8-20(19)26/h4-15,28H,1-3H3. The molecule has 3 aromatic heterocycles. The van der Waals surface area contributed by atoms with Crippen LogP contribution in [0, 0.1) is 13.8 Å². The Hall–Kier alpha value is -3.77. The number of nitrogens with zero attached hydrogens (tertiary/aromatic N) is 4. The molecule has 0 aliphatic carbocycles. The molecule has 0 aliphatic rings. The minimum absolute atomic E-state index is 0.684. The molecule has 2 aromatic carbocycles. The lowest BCUT2D eigenvalue weighted by Gasteiger charge is -2.13. The molecule has 1 N–H and O–H groups in total. The highest BCUT2D eigenvalue weighted by Crippen LogP contribution is 2.33. The van der Waals surface area contributed by atoms with E-state index in [1.165, 1.54) is 0 Å². The van der Waals surface area contributed by atoms with Crippen LogP contribution in [0.15, 0.2) is 73.3 Å². The Morgan fingerprint density at radius 1 is 1.03 bits per heavy atom. The summed E-state index contributed by atoms with van der Waals surface area (Å²) in [5.74, 6) is 0.746. The Morgan fingerprint density at radius 2 is 1.88 bits per heavy atom. The number of anilines is 2. The fourth-order valence-electron chi connectivity index (χ4n) is 3.87. The Balaban J connectivity index is 1.55.